The molecule has 0 aromatic carbocycles. The third-order valence-electron chi connectivity index (χ3n) is 1.67. The van der Waals surface area contributed by atoms with E-state index in [2.05, 4.69) is 25.7 Å². The lowest BCUT2D eigenvalue weighted by atomic mass is 10.1. The summed E-state index contributed by atoms with van der Waals surface area (Å²) < 4.78 is 0. The van der Waals surface area contributed by atoms with Crippen LogP contribution in [-0.4, -0.2) is 24.3 Å². The molecule has 0 aromatic rings. The van der Waals surface area contributed by atoms with Crippen LogP contribution in [0.15, 0.2) is 12.2 Å². The third kappa shape index (κ3) is 4.99. The molecular formula is C9H19NO. The molecule has 0 aliphatic rings. The van der Waals surface area contributed by atoms with Crippen molar-refractivity contribution >= 4 is 0 Å². The van der Waals surface area contributed by atoms with Crippen molar-refractivity contribution in [1.29, 1.82) is 0 Å². The molecule has 0 aliphatic carbocycles. The highest BCUT2D eigenvalue weighted by Crippen LogP contribution is 2.00. The van der Waals surface area contributed by atoms with Crippen molar-refractivity contribution in [2.24, 2.45) is 5.92 Å². The summed E-state index contributed by atoms with van der Waals surface area (Å²) in [5, 5.41) is 12.1. The van der Waals surface area contributed by atoms with E-state index in [-0.39, 0.29) is 12.6 Å². The number of hydrogen-bond acceptors (Lipinski definition) is 2. The molecular weight excluding hydrogens is 138 g/mol. The highest BCUT2D eigenvalue weighted by molar-refractivity contribution is 4.92. The first kappa shape index (κ1) is 10.7. The van der Waals surface area contributed by atoms with Crippen molar-refractivity contribution in [3.8, 4) is 0 Å². The van der Waals surface area contributed by atoms with E-state index in [1.807, 2.05) is 6.92 Å². The standard InChI is InChI=1S/C9H19NO/c1-7(2)5-10-9(6-11)8(3)4/h8-11H,1,5-6H2,2-4H3/t9-/m1/s1. The Morgan fingerprint density at radius 1 is 1.55 bits per heavy atom. The van der Waals surface area contributed by atoms with Gasteiger partial charge < -0.3 is 10.4 Å². The maximum Gasteiger partial charge on any atom is 0.0587 e. The molecule has 0 radical (unpaired) electrons. The van der Waals surface area contributed by atoms with Gasteiger partial charge >= 0.3 is 0 Å². The molecule has 2 nitrogen and oxygen atoms in total. The minimum atomic E-state index is 0.199. The summed E-state index contributed by atoms with van der Waals surface area (Å²) in [4.78, 5) is 0. The SMILES string of the molecule is C=C(C)CN[C@H](CO)C(C)C. The van der Waals surface area contributed by atoms with Gasteiger partial charge in [-0.15, -0.1) is 0 Å². The first-order valence-corrected chi connectivity index (χ1v) is 4.06. The van der Waals surface area contributed by atoms with Gasteiger partial charge in [-0.25, -0.2) is 0 Å². The normalized spacial score (nSPS) is 13.5. The molecule has 2 N–H and O–H groups in total. The Labute approximate surface area is 69.3 Å². The number of aliphatic hydroxyl groups excluding tert-OH is 1. The molecule has 0 rings (SSSR count). The third-order valence-corrected chi connectivity index (χ3v) is 1.67. The maximum atomic E-state index is 8.92. The lowest BCUT2D eigenvalue weighted by Gasteiger charge is -2.19. The average molecular weight is 157 g/mol. The summed E-state index contributed by atoms with van der Waals surface area (Å²) in [7, 11) is 0. The van der Waals surface area contributed by atoms with E-state index in [1.165, 1.54) is 0 Å². The quantitative estimate of drug-likeness (QED) is 0.587. The Balaban J connectivity index is 3.61. The van der Waals surface area contributed by atoms with Gasteiger partial charge in [0.2, 0.25) is 0 Å². The van der Waals surface area contributed by atoms with Crippen LogP contribution in [0.5, 0.6) is 0 Å². The van der Waals surface area contributed by atoms with Crippen molar-refractivity contribution in [2.75, 3.05) is 13.2 Å². The van der Waals surface area contributed by atoms with E-state index in [9.17, 15) is 0 Å². The second kappa shape index (κ2) is 5.33. The molecule has 0 amide bonds. The monoisotopic (exact) mass is 157 g/mol. The van der Waals surface area contributed by atoms with Gasteiger partial charge in [0.25, 0.3) is 0 Å². The molecule has 11 heavy (non-hydrogen) atoms. The van der Waals surface area contributed by atoms with E-state index in [0.717, 1.165) is 12.1 Å². The van der Waals surface area contributed by atoms with Crippen LogP contribution in [0.25, 0.3) is 0 Å². The van der Waals surface area contributed by atoms with Crippen molar-refractivity contribution < 1.29 is 5.11 Å². The Morgan fingerprint density at radius 2 is 2.09 bits per heavy atom. The molecule has 1 atom stereocenters. The fraction of sp³-hybridized carbons (Fsp3) is 0.778. The minimum Gasteiger partial charge on any atom is -0.395 e. The summed E-state index contributed by atoms with van der Waals surface area (Å²) in [5.41, 5.74) is 1.10. The zero-order valence-corrected chi connectivity index (χ0v) is 7.72. The summed E-state index contributed by atoms with van der Waals surface area (Å²) in [6.07, 6.45) is 0. The second-order valence-corrected chi connectivity index (χ2v) is 3.37. The van der Waals surface area contributed by atoms with Gasteiger partial charge in [0, 0.05) is 12.6 Å². The molecule has 0 bridgehead atoms. The molecule has 0 heterocycles. The summed E-state index contributed by atoms with van der Waals surface area (Å²) in [6.45, 7) is 10.9. The van der Waals surface area contributed by atoms with Crippen LogP contribution in [0.2, 0.25) is 0 Å². The van der Waals surface area contributed by atoms with Crippen LogP contribution in [-0.2, 0) is 0 Å². The maximum absolute atomic E-state index is 8.92. The fourth-order valence-corrected chi connectivity index (χ4v) is 0.816. The Bertz CT molecular complexity index is 121. The average Bonchev–Trinajstić information content (AvgIpc) is 1.87. The predicted molar refractivity (Wildman–Crippen MR) is 48.5 cm³/mol. The molecule has 0 aromatic heterocycles. The van der Waals surface area contributed by atoms with Gasteiger partial charge in [0.05, 0.1) is 6.61 Å². The molecule has 0 spiro atoms. The van der Waals surface area contributed by atoms with E-state index in [0.29, 0.717) is 5.92 Å². The minimum absolute atomic E-state index is 0.199. The van der Waals surface area contributed by atoms with Gasteiger partial charge in [-0.3, -0.25) is 0 Å². The Kier molecular flexibility index (Phi) is 5.16. The Morgan fingerprint density at radius 3 is 2.36 bits per heavy atom. The summed E-state index contributed by atoms with van der Waals surface area (Å²) in [6, 6.07) is 0.201. The molecule has 0 saturated carbocycles. The highest BCUT2D eigenvalue weighted by atomic mass is 16.3. The first-order valence-electron chi connectivity index (χ1n) is 4.06. The van der Waals surface area contributed by atoms with Gasteiger partial charge in [0.15, 0.2) is 0 Å². The van der Waals surface area contributed by atoms with Gasteiger partial charge in [0.1, 0.15) is 0 Å². The lowest BCUT2D eigenvalue weighted by Crippen LogP contribution is -2.37. The van der Waals surface area contributed by atoms with Gasteiger partial charge in [-0.1, -0.05) is 26.0 Å². The zero-order chi connectivity index (χ0) is 8.85. The zero-order valence-electron chi connectivity index (χ0n) is 7.72. The van der Waals surface area contributed by atoms with Crippen LogP contribution in [0, 0.1) is 5.92 Å². The van der Waals surface area contributed by atoms with Crippen LogP contribution in [0.1, 0.15) is 20.8 Å². The van der Waals surface area contributed by atoms with E-state index in [4.69, 9.17) is 5.11 Å². The lowest BCUT2D eigenvalue weighted by molar-refractivity contribution is 0.214. The largest absolute Gasteiger partial charge is 0.395 e. The highest BCUT2D eigenvalue weighted by Gasteiger charge is 2.09. The van der Waals surface area contributed by atoms with Crippen LogP contribution in [0.4, 0.5) is 0 Å². The van der Waals surface area contributed by atoms with Crippen molar-refractivity contribution in [2.45, 2.75) is 26.8 Å². The molecule has 66 valence electrons. The molecule has 0 saturated heterocycles. The molecule has 0 aliphatic heterocycles. The van der Waals surface area contributed by atoms with Crippen LogP contribution in [0.3, 0.4) is 0 Å². The van der Waals surface area contributed by atoms with Crippen LogP contribution < -0.4 is 5.32 Å². The topological polar surface area (TPSA) is 32.3 Å². The van der Waals surface area contributed by atoms with Gasteiger partial charge in [-0.2, -0.15) is 0 Å². The van der Waals surface area contributed by atoms with Crippen LogP contribution >= 0.6 is 0 Å². The van der Waals surface area contributed by atoms with E-state index >= 15 is 0 Å². The summed E-state index contributed by atoms with van der Waals surface area (Å²) >= 11 is 0. The van der Waals surface area contributed by atoms with Gasteiger partial charge in [-0.05, 0) is 12.8 Å². The fourth-order valence-electron chi connectivity index (χ4n) is 0.816. The smallest absolute Gasteiger partial charge is 0.0587 e. The van der Waals surface area contributed by atoms with E-state index in [1.54, 1.807) is 0 Å². The number of aliphatic hydroxyl groups is 1. The molecule has 0 unspecified atom stereocenters. The van der Waals surface area contributed by atoms with Crippen molar-refractivity contribution in [3.05, 3.63) is 12.2 Å². The first-order chi connectivity index (χ1) is 5.07. The molecule has 2 heteroatoms. The van der Waals surface area contributed by atoms with Crippen molar-refractivity contribution in [1.82, 2.24) is 5.32 Å². The van der Waals surface area contributed by atoms with E-state index < -0.39 is 0 Å². The second-order valence-electron chi connectivity index (χ2n) is 3.37. The Hall–Kier alpha value is -0.340. The number of hydrogen-bond donors (Lipinski definition) is 2. The number of rotatable bonds is 5. The molecule has 0 fully saturated rings. The number of nitrogens with one attached hydrogen (secondary N) is 1. The predicted octanol–water partition coefficient (Wildman–Crippen LogP) is 1.17. The summed E-state index contributed by atoms with van der Waals surface area (Å²) in [5.74, 6) is 0.472. The van der Waals surface area contributed by atoms with Crippen molar-refractivity contribution in [3.63, 3.8) is 0 Å².